The van der Waals surface area contributed by atoms with Crippen molar-refractivity contribution >= 4 is 11.6 Å². The number of halogens is 1. The van der Waals surface area contributed by atoms with Crippen molar-refractivity contribution in [3.05, 3.63) is 87.9 Å². The molecule has 4 heteroatoms. The van der Waals surface area contributed by atoms with Gasteiger partial charge in [0.1, 0.15) is 11.5 Å². The molecule has 0 fully saturated rings. The van der Waals surface area contributed by atoms with Crippen LogP contribution in [-0.2, 0) is 12.8 Å². The second-order valence-corrected chi connectivity index (χ2v) is 8.12. The summed E-state index contributed by atoms with van der Waals surface area (Å²) in [6.07, 6.45) is 1.45. The first kappa shape index (κ1) is 16.6. The van der Waals surface area contributed by atoms with Crippen LogP contribution in [0.3, 0.4) is 0 Å². The number of fused-ring (bicyclic) bond motifs is 6. The van der Waals surface area contributed by atoms with E-state index in [4.69, 9.17) is 16.6 Å². The van der Waals surface area contributed by atoms with Crippen LogP contribution in [0.15, 0.2) is 60.7 Å². The molecule has 2 aliphatic rings. The van der Waals surface area contributed by atoms with Crippen molar-refractivity contribution in [2.24, 2.45) is 0 Å². The maximum atomic E-state index is 9.96. The molecule has 140 valence electrons. The standard InChI is InChI=1S/C25H16ClNO2/c26-16-3-1-2-13(8-16)23-21-11-14-9-17(28)4-6-19(14)24(21)27-25-20-7-5-18(29)10-15(20)12-22(23)25/h1-10,28-29H,11-12H2. The molecule has 0 bridgehead atoms. The highest BCUT2D eigenvalue weighted by atomic mass is 35.5. The lowest BCUT2D eigenvalue weighted by atomic mass is 9.92. The summed E-state index contributed by atoms with van der Waals surface area (Å²) in [5.74, 6) is 0.545. The molecule has 0 unspecified atom stereocenters. The Hall–Kier alpha value is -3.30. The van der Waals surface area contributed by atoms with E-state index in [2.05, 4.69) is 6.07 Å². The van der Waals surface area contributed by atoms with Crippen LogP contribution in [0.25, 0.3) is 33.6 Å². The van der Waals surface area contributed by atoms with E-state index in [9.17, 15) is 10.2 Å². The zero-order valence-electron chi connectivity index (χ0n) is 15.4. The summed E-state index contributed by atoms with van der Waals surface area (Å²) in [4.78, 5) is 5.09. The highest BCUT2D eigenvalue weighted by Crippen LogP contribution is 2.49. The Morgan fingerprint density at radius 1 is 0.724 bits per heavy atom. The monoisotopic (exact) mass is 397 g/mol. The highest BCUT2D eigenvalue weighted by Gasteiger charge is 2.32. The Labute approximate surface area is 172 Å². The fourth-order valence-corrected chi connectivity index (χ4v) is 4.93. The molecule has 3 aromatic carbocycles. The van der Waals surface area contributed by atoms with Gasteiger partial charge >= 0.3 is 0 Å². The Morgan fingerprint density at radius 2 is 1.31 bits per heavy atom. The Kier molecular flexibility index (Phi) is 3.36. The average Bonchev–Trinajstić information content (AvgIpc) is 3.22. The summed E-state index contributed by atoms with van der Waals surface area (Å²) >= 11 is 6.33. The number of phenolic OH excluding ortho intramolecular Hbond substituents is 2. The zero-order chi connectivity index (χ0) is 19.7. The molecular weight excluding hydrogens is 382 g/mol. The lowest BCUT2D eigenvalue weighted by Gasteiger charge is -2.15. The number of hydrogen-bond acceptors (Lipinski definition) is 3. The van der Waals surface area contributed by atoms with E-state index >= 15 is 0 Å². The Morgan fingerprint density at radius 3 is 1.86 bits per heavy atom. The van der Waals surface area contributed by atoms with Crippen molar-refractivity contribution in [2.75, 3.05) is 0 Å². The van der Waals surface area contributed by atoms with Gasteiger partial charge < -0.3 is 10.2 Å². The molecule has 0 aliphatic heterocycles. The van der Waals surface area contributed by atoms with Gasteiger partial charge in [-0.25, -0.2) is 4.98 Å². The maximum absolute atomic E-state index is 9.96. The molecule has 0 saturated carbocycles. The van der Waals surface area contributed by atoms with Gasteiger partial charge in [-0.15, -0.1) is 0 Å². The number of pyridine rings is 1. The Bertz CT molecular complexity index is 1270. The van der Waals surface area contributed by atoms with Crippen molar-refractivity contribution in [1.82, 2.24) is 4.98 Å². The van der Waals surface area contributed by atoms with Crippen LogP contribution in [0, 0.1) is 0 Å². The topological polar surface area (TPSA) is 53.4 Å². The lowest BCUT2D eigenvalue weighted by Crippen LogP contribution is -1.98. The molecule has 6 rings (SSSR count). The molecule has 2 N–H and O–H groups in total. The van der Waals surface area contributed by atoms with Crippen LogP contribution >= 0.6 is 11.6 Å². The van der Waals surface area contributed by atoms with E-state index in [1.54, 1.807) is 12.1 Å². The normalized spacial score (nSPS) is 13.0. The van der Waals surface area contributed by atoms with Gasteiger partial charge in [0.15, 0.2) is 0 Å². The van der Waals surface area contributed by atoms with Crippen LogP contribution in [0.2, 0.25) is 5.02 Å². The number of phenols is 2. The van der Waals surface area contributed by atoms with Crippen LogP contribution in [0.4, 0.5) is 0 Å². The molecule has 3 nitrogen and oxygen atoms in total. The van der Waals surface area contributed by atoms with Gasteiger partial charge in [0.25, 0.3) is 0 Å². The molecule has 0 saturated heterocycles. The van der Waals surface area contributed by atoms with Gasteiger partial charge in [-0.2, -0.15) is 0 Å². The number of aromatic nitrogens is 1. The summed E-state index contributed by atoms with van der Waals surface area (Å²) in [6.45, 7) is 0. The second-order valence-electron chi connectivity index (χ2n) is 7.69. The van der Waals surface area contributed by atoms with Gasteiger partial charge in [0.2, 0.25) is 0 Å². The number of aromatic hydroxyl groups is 2. The van der Waals surface area contributed by atoms with Gasteiger partial charge in [-0.1, -0.05) is 23.7 Å². The first-order chi connectivity index (χ1) is 14.1. The lowest BCUT2D eigenvalue weighted by molar-refractivity contribution is 0.474. The number of hydrogen-bond donors (Lipinski definition) is 2. The molecule has 0 spiro atoms. The van der Waals surface area contributed by atoms with E-state index in [1.165, 1.54) is 16.7 Å². The SMILES string of the molecule is Oc1ccc2c(c1)Cc1c-2nc2c(c1-c1cccc(Cl)c1)Cc1cc(O)ccc1-2. The first-order valence-corrected chi connectivity index (χ1v) is 9.92. The van der Waals surface area contributed by atoms with E-state index in [0.29, 0.717) is 5.02 Å². The average molecular weight is 398 g/mol. The number of nitrogens with zero attached hydrogens (tertiary/aromatic N) is 1. The Balaban J connectivity index is 1.69. The zero-order valence-corrected chi connectivity index (χ0v) is 16.2. The van der Waals surface area contributed by atoms with Crippen LogP contribution in [0.1, 0.15) is 22.3 Å². The van der Waals surface area contributed by atoms with Gasteiger partial charge in [0, 0.05) is 29.0 Å². The van der Waals surface area contributed by atoms with Crippen molar-refractivity contribution in [2.45, 2.75) is 12.8 Å². The third-order valence-corrected chi connectivity index (χ3v) is 6.17. The molecule has 0 amide bonds. The summed E-state index contributed by atoms with van der Waals surface area (Å²) in [5.41, 5.74) is 10.8. The minimum absolute atomic E-state index is 0.272. The minimum atomic E-state index is 0.272. The molecular formula is C25H16ClNO2. The van der Waals surface area contributed by atoms with Crippen molar-refractivity contribution < 1.29 is 10.2 Å². The number of benzene rings is 3. The van der Waals surface area contributed by atoms with E-state index in [-0.39, 0.29) is 11.5 Å². The summed E-state index contributed by atoms with van der Waals surface area (Å²) in [7, 11) is 0. The van der Waals surface area contributed by atoms with E-state index in [1.807, 2.05) is 42.5 Å². The van der Waals surface area contributed by atoms with Crippen molar-refractivity contribution in [1.29, 1.82) is 0 Å². The third kappa shape index (κ3) is 2.41. The first-order valence-electron chi connectivity index (χ1n) is 9.55. The molecule has 29 heavy (non-hydrogen) atoms. The van der Waals surface area contributed by atoms with Crippen molar-refractivity contribution in [3.63, 3.8) is 0 Å². The molecule has 0 atom stereocenters. The van der Waals surface area contributed by atoms with Crippen LogP contribution in [-0.4, -0.2) is 15.2 Å². The van der Waals surface area contributed by atoms with Crippen LogP contribution in [0.5, 0.6) is 11.5 Å². The fourth-order valence-electron chi connectivity index (χ4n) is 4.74. The van der Waals surface area contributed by atoms with Gasteiger partial charge in [-0.05, 0) is 81.9 Å². The van der Waals surface area contributed by atoms with E-state index < -0.39 is 0 Å². The fraction of sp³-hybridized carbons (Fsp3) is 0.0800. The molecule has 0 radical (unpaired) electrons. The second kappa shape index (κ2) is 5.85. The highest BCUT2D eigenvalue weighted by molar-refractivity contribution is 6.30. The van der Waals surface area contributed by atoms with Crippen molar-refractivity contribution in [3.8, 4) is 45.1 Å². The predicted octanol–water partition coefficient (Wildman–Crippen LogP) is 5.96. The molecule has 4 aromatic rings. The van der Waals surface area contributed by atoms with Gasteiger partial charge in [0.05, 0.1) is 11.4 Å². The molecule has 1 aromatic heterocycles. The molecule has 2 aliphatic carbocycles. The summed E-state index contributed by atoms with van der Waals surface area (Å²) < 4.78 is 0. The summed E-state index contributed by atoms with van der Waals surface area (Å²) in [6, 6.07) is 18.9. The predicted molar refractivity (Wildman–Crippen MR) is 114 cm³/mol. The minimum Gasteiger partial charge on any atom is -0.508 e. The smallest absolute Gasteiger partial charge is 0.115 e. The molecule has 1 heterocycles. The van der Waals surface area contributed by atoms with Gasteiger partial charge in [-0.3, -0.25) is 0 Å². The summed E-state index contributed by atoms with van der Waals surface area (Å²) in [5, 5.41) is 20.6. The quantitative estimate of drug-likeness (QED) is 0.360. The van der Waals surface area contributed by atoms with Crippen LogP contribution < -0.4 is 0 Å². The third-order valence-electron chi connectivity index (χ3n) is 5.93. The van der Waals surface area contributed by atoms with E-state index in [0.717, 1.165) is 52.0 Å². The largest absolute Gasteiger partial charge is 0.508 e. The number of rotatable bonds is 1. The maximum Gasteiger partial charge on any atom is 0.115 e.